The van der Waals surface area contributed by atoms with Gasteiger partial charge in [-0.15, -0.1) is 0 Å². The van der Waals surface area contributed by atoms with Gasteiger partial charge in [0.1, 0.15) is 6.61 Å². The molecule has 0 aliphatic carbocycles. The van der Waals surface area contributed by atoms with Crippen molar-refractivity contribution >= 4 is 5.97 Å². The van der Waals surface area contributed by atoms with Crippen molar-refractivity contribution in [1.29, 1.82) is 5.26 Å². The number of nitrogens with two attached hydrogens (primary N) is 2. The third kappa shape index (κ3) is 3.40. The van der Waals surface area contributed by atoms with Gasteiger partial charge >= 0.3 is 5.97 Å². The van der Waals surface area contributed by atoms with Gasteiger partial charge in [-0.2, -0.15) is 5.26 Å². The number of hydrazine groups is 1. The zero-order valence-corrected chi connectivity index (χ0v) is 9.38. The summed E-state index contributed by atoms with van der Waals surface area (Å²) in [5.74, 6) is 3.56. The van der Waals surface area contributed by atoms with Crippen LogP contribution in [0, 0.1) is 11.3 Å². The first-order valence-corrected chi connectivity index (χ1v) is 4.90. The van der Waals surface area contributed by atoms with Crippen LogP contribution in [0.2, 0.25) is 0 Å². The van der Waals surface area contributed by atoms with Crippen molar-refractivity contribution in [2.45, 2.75) is 6.61 Å². The van der Waals surface area contributed by atoms with Crippen molar-refractivity contribution in [3.63, 3.8) is 0 Å². The molecular formula is C11H12N4O3. The molecule has 7 heteroatoms. The van der Waals surface area contributed by atoms with Crippen LogP contribution in [0.1, 0.15) is 11.1 Å². The maximum Gasteiger partial charge on any atom is 0.357 e. The maximum atomic E-state index is 10.6. The molecule has 18 heavy (non-hydrogen) atoms. The normalized spacial score (nSPS) is 11.1. The maximum absolute atomic E-state index is 10.6. The lowest BCUT2D eigenvalue weighted by molar-refractivity contribution is -0.133. The van der Waals surface area contributed by atoms with Crippen LogP contribution in [0.15, 0.2) is 35.8 Å². The second kappa shape index (κ2) is 6.12. The number of hydrogen-bond donors (Lipinski definition) is 4. The molecule has 7 nitrogen and oxygen atoms in total. The van der Waals surface area contributed by atoms with Gasteiger partial charge in [0.05, 0.1) is 11.6 Å². The van der Waals surface area contributed by atoms with E-state index in [1.807, 2.05) is 6.07 Å². The smallest absolute Gasteiger partial charge is 0.357 e. The average Bonchev–Trinajstić information content (AvgIpc) is 2.39. The molecule has 1 aromatic rings. The first-order chi connectivity index (χ1) is 8.58. The van der Waals surface area contributed by atoms with Crippen molar-refractivity contribution < 1.29 is 14.6 Å². The van der Waals surface area contributed by atoms with Crippen LogP contribution in [-0.2, 0) is 16.1 Å². The summed E-state index contributed by atoms with van der Waals surface area (Å²) >= 11 is 0. The topological polar surface area (TPSA) is 134 Å². The Hall–Kier alpha value is -2.72. The first kappa shape index (κ1) is 13.3. The third-order valence-corrected chi connectivity index (χ3v) is 2.07. The molecule has 0 aliphatic rings. The van der Waals surface area contributed by atoms with Gasteiger partial charge in [-0.05, 0) is 17.7 Å². The minimum absolute atomic E-state index is 0.0826. The van der Waals surface area contributed by atoms with Crippen LogP contribution in [0.3, 0.4) is 0 Å². The molecule has 0 atom stereocenters. The number of benzene rings is 1. The number of carboxylic acid groups (broad SMARTS) is 1. The summed E-state index contributed by atoms with van der Waals surface area (Å²) < 4.78 is 5.13. The summed E-state index contributed by atoms with van der Waals surface area (Å²) in [4.78, 5) is 10.6. The molecule has 0 spiro atoms. The van der Waals surface area contributed by atoms with Gasteiger partial charge in [0, 0.05) is 0 Å². The standard InChI is InChI=1S/C11H12N4O3/c12-5-7-1-3-8(4-2-7)6-18-10(15-14)9(13)11(16)17/h1-4,15H,6,13-14H2,(H,16,17)/b10-9+. The fourth-order valence-corrected chi connectivity index (χ4v) is 1.13. The molecular weight excluding hydrogens is 236 g/mol. The van der Waals surface area contributed by atoms with Gasteiger partial charge in [0.25, 0.3) is 0 Å². The Bertz CT molecular complexity index is 502. The van der Waals surface area contributed by atoms with E-state index in [-0.39, 0.29) is 12.5 Å². The number of nitrogens with zero attached hydrogens (tertiary/aromatic N) is 1. The SMILES string of the molecule is N#Cc1ccc(CO/C(NN)=C(/N)C(=O)O)cc1. The summed E-state index contributed by atoms with van der Waals surface area (Å²) in [6.07, 6.45) is 0. The van der Waals surface area contributed by atoms with Crippen LogP contribution >= 0.6 is 0 Å². The molecule has 0 saturated heterocycles. The Morgan fingerprint density at radius 2 is 2.06 bits per heavy atom. The monoisotopic (exact) mass is 248 g/mol. The van der Waals surface area contributed by atoms with Gasteiger partial charge < -0.3 is 15.6 Å². The Kier molecular flexibility index (Phi) is 4.54. The summed E-state index contributed by atoms with van der Waals surface area (Å²) in [5, 5.41) is 17.3. The van der Waals surface area contributed by atoms with Crippen molar-refractivity contribution in [3.8, 4) is 6.07 Å². The Morgan fingerprint density at radius 1 is 1.44 bits per heavy atom. The molecule has 1 aromatic carbocycles. The van der Waals surface area contributed by atoms with E-state index >= 15 is 0 Å². The van der Waals surface area contributed by atoms with E-state index in [2.05, 4.69) is 5.43 Å². The van der Waals surface area contributed by atoms with Gasteiger partial charge in [0.15, 0.2) is 5.70 Å². The van der Waals surface area contributed by atoms with E-state index in [4.69, 9.17) is 26.7 Å². The second-order valence-electron chi connectivity index (χ2n) is 3.29. The average molecular weight is 248 g/mol. The lowest BCUT2D eigenvalue weighted by Gasteiger charge is -2.10. The lowest BCUT2D eigenvalue weighted by atomic mass is 10.2. The molecule has 94 valence electrons. The minimum Gasteiger partial charge on any atom is -0.476 e. The van der Waals surface area contributed by atoms with Crippen LogP contribution in [0.5, 0.6) is 0 Å². The van der Waals surface area contributed by atoms with Gasteiger partial charge in [-0.25, -0.2) is 10.6 Å². The van der Waals surface area contributed by atoms with E-state index in [1.165, 1.54) is 0 Å². The number of nitrogens with one attached hydrogen (secondary N) is 1. The highest BCUT2D eigenvalue weighted by molar-refractivity contribution is 5.85. The minimum atomic E-state index is -1.33. The number of carbonyl (C=O) groups is 1. The Morgan fingerprint density at radius 3 is 2.50 bits per heavy atom. The molecule has 0 fully saturated rings. The molecule has 1 rings (SSSR count). The number of hydrogen-bond acceptors (Lipinski definition) is 6. The lowest BCUT2D eigenvalue weighted by Crippen LogP contribution is -2.29. The van der Waals surface area contributed by atoms with Gasteiger partial charge in [-0.3, -0.25) is 5.43 Å². The van der Waals surface area contributed by atoms with E-state index in [9.17, 15) is 4.79 Å². The molecule has 0 aromatic heterocycles. The van der Waals surface area contributed by atoms with Crippen LogP contribution in [0.25, 0.3) is 0 Å². The molecule has 0 amide bonds. The van der Waals surface area contributed by atoms with E-state index in [0.717, 1.165) is 5.56 Å². The second-order valence-corrected chi connectivity index (χ2v) is 3.29. The van der Waals surface area contributed by atoms with Crippen molar-refractivity contribution in [3.05, 3.63) is 47.0 Å². The summed E-state index contributed by atoms with van der Waals surface area (Å²) in [6, 6.07) is 8.60. The molecule has 0 bridgehead atoms. The van der Waals surface area contributed by atoms with Gasteiger partial charge in [0.2, 0.25) is 5.88 Å². The van der Waals surface area contributed by atoms with Crippen LogP contribution < -0.4 is 17.0 Å². The Labute approximate surface area is 103 Å². The largest absolute Gasteiger partial charge is 0.476 e. The Balaban J connectivity index is 2.72. The molecule has 0 heterocycles. The third-order valence-electron chi connectivity index (χ3n) is 2.07. The number of nitriles is 1. The van der Waals surface area contributed by atoms with Crippen LogP contribution in [0.4, 0.5) is 0 Å². The highest BCUT2D eigenvalue weighted by Gasteiger charge is 2.11. The fraction of sp³-hybridized carbons (Fsp3) is 0.0909. The highest BCUT2D eigenvalue weighted by atomic mass is 16.5. The predicted octanol–water partition coefficient (Wildman–Crippen LogP) is -0.249. The van der Waals surface area contributed by atoms with E-state index in [1.54, 1.807) is 24.3 Å². The molecule has 0 radical (unpaired) electrons. The zero-order valence-electron chi connectivity index (χ0n) is 9.38. The number of rotatable bonds is 5. The van der Waals surface area contributed by atoms with Crippen molar-refractivity contribution in [2.75, 3.05) is 0 Å². The van der Waals surface area contributed by atoms with E-state index < -0.39 is 11.7 Å². The first-order valence-electron chi connectivity index (χ1n) is 4.90. The molecule has 0 saturated carbocycles. The van der Waals surface area contributed by atoms with Gasteiger partial charge in [-0.1, -0.05) is 12.1 Å². The number of aliphatic carboxylic acids is 1. The zero-order chi connectivity index (χ0) is 13.5. The van der Waals surface area contributed by atoms with Crippen molar-refractivity contribution in [2.24, 2.45) is 11.6 Å². The summed E-state index contributed by atoms with van der Waals surface area (Å²) in [6.45, 7) is 0.0826. The number of carboxylic acids is 1. The molecule has 0 aliphatic heterocycles. The molecule has 0 unspecified atom stereocenters. The predicted molar refractivity (Wildman–Crippen MR) is 62.1 cm³/mol. The highest BCUT2D eigenvalue weighted by Crippen LogP contribution is 2.07. The summed E-state index contributed by atoms with van der Waals surface area (Å²) in [7, 11) is 0. The van der Waals surface area contributed by atoms with Crippen molar-refractivity contribution in [1.82, 2.24) is 5.43 Å². The van der Waals surface area contributed by atoms with Crippen LogP contribution in [-0.4, -0.2) is 11.1 Å². The summed E-state index contributed by atoms with van der Waals surface area (Å²) in [5.41, 5.74) is 8.09. The number of ether oxygens (including phenoxy) is 1. The fourth-order valence-electron chi connectivity index (χ4n) is 1.13. The quantitative estimate of drug-likeness (QED) is 0.244. The van der Waals surface area contributed by atoms with E-state index in [0.29, 0.717) is 5.56 Å². The molecule has 6 N–H and O–H groups in total.